The van der Waals surface area contributed by atoms with Crippen LogP contribution in [-0.4, -0.2) is 12.1 Å². The number of aromatic nitrogens is 1. The smallest absolute Gasteiger partial charge is 0.144 e. The van der Waals surface area contributed by atoms with E-state index in [0.29, 0.717) is 11.4 Å². The van der Waals surface area contributed by atoms with Crippen molar-refractivity contribution in [1.29, 1.82) is 0 Å². The number of nitrogen functional groups attached to an aromatic ring is 1. The molecule has 0 radical (unpaired) electrons. The fourth-order valence-corrected chi connectivity index (χ4v) is 1.36. The summed E-state index contributed by atoms with van der Waals surface area (Å²) >= 11 is 0. The van der Waals surface area contributed by atoms with E-state index in [1.807, 2.05) is 0 Å². The zero-order valence-corrected chi connectivity index (χ0v) is 7.58. The highest BCUT2D eigenvalue weighted by Gasteiger charge is 2.43. The minimum absolute atomic E-state index is 0.265. The van der Waals surface area contributed by atoms with E-state index in [-0.39, 0.29) is 5.54 Å². The molecule has 1 heterocycles. The Labute approximate surface area is 76.9 Å². The predicted molar refractivity (Wildman–Crippen MR) is 50.3 cm³/mol. The number of rotatable bonds is 2. The Hall–Kier alpha value is -1.29. The first-order valence-electron chi connectivity index (χ1n) is 4.24. The summed E-state index contributed by atoms with van der Waals surface area (Å²) in [6.45, 7) is 0. The van der Waals surface area contributed by atoms with Crippen LogP contribution in [0.2, 0.25) is 0 Å². The Morgan fingerprint density at radius 2 is 2.23 bits per heavy atom. The van der Waals surface area contributed by atoms with E-state index in [4.69, 9.17) is 16.2 Å². The summed E-state index contributed by atoms with van der Waals surface area (Å²) in [6.07, 6.45) is 3.56. The first kappa shape index (κ1) is 8.31. The van der Waals surface area contributed by atoms with Gasteiger partial charge in [-0.1, -0.05) is 0 Å². The van der Waals surface area contributed by atoms with Crippen LogP contribution in [0.25, 0.3) is 0 Å². The molecule has 1 saturated carbocycles. The van der Waals surface area contributed by atoms with Crippen LogP contribution in [0.1, 0.15) is 18.5 Å². The molecule has 0 unspecified atom stereocenters. The molecule has 0 atom stereocenters. The molecular formula is C9H13N3O. The summed E-state index contributed by atoms with van der Waals surface area (Å²) in [4.78, 5) is 4.21. The van der Waals surface area contributed by atoms with Gasteiger partial charge in [0.2, 0.25) is 0 Å². The lowest BCUT2D eigenvalue weighted by atomic mass is 10.1. The van der Waals surface area contributed by atoms with Gasteiger partial charge in [-0.05, 0) is 12.8 Å². The topological polar surface area (TPSA) is 74.2 Å². The maximum Gasteiger partial charge on any atom is 0.144 e. The van der Waals surface area contributed by atoms with E-state index in [2.05, 4.69) is 4.98 Å². The van der Waals surface area contributed by atoms with Crippen LogP contribution in [0.3, 0.4) is 0 Å². The van der Waals surface area contributed by atoms with Gasteiger partial charge in [0.15, 0.2) is 0 Å². The minimum Gasteiger partial charge on any atom is -0.495 e. The third kappa shape index (κ3) is 1.33. The van der Waals surface area contributed by atoms with Gasteiger partial charge in [-0.2, -0.15) is 0 Å². The molecule has 0 aliphatic heterocycles. The van der Waals surface area contributed by atoms with Crippen LogP contribution in [0, 0.1) is 0 Å². The van der Waals surface area contributed by atoms with Crippen LogP contribution in [0.4, 0.5) is 5.69 Å². The number of nitrogens with zero attached hydrogens (tertiary/aromatic N) is 1. The molecule has 4 nitrogen and oxygen atoms in total. The van der Waals surface area contributed by atoms with E-state index in [1.165, 1.54) is 0 Å². The fraction of sp³-hybridized carbons (Fsp3) is 0.444. The molecule has 0 saturated heterocycles. The molecule has 2 rings (SSSR count). The molecule has 1 aliphatic carbocycles. The zero-order chi connectivity index (χ0) is 9.47. The standard InChI is InChI=1S/C9H13N3O/c1-13-7-4-6(10)5-12-8(7)9(11)2-3-9/h4-5H,2-3,10-11H2,1H3. The molecule has 13 heavy (non-hydrogen) atoms. The van der Waals surface area contributed by atoms with Gasteiger partial charge in [-0.15, -0.1) is 0 Å². The maximum absolute atomic E-state index is 6.01. The van der Waals surface area contributed by atoms with Crippen molar-refractivity contribution in [2.75, 3.05) is 12.8 Å². The van der Waals surface area contributed by atoms with E-state index < -0.39 is 0 Å². The van der Waals surface area contributed by atoms with E-state index >= 15 is 0 Å². The van der Waals surface area contributed by atoms with Gasteiger partial charge in [0.25, 0.3) is 0 Å². The molecule has 1 aliphatic rings. The number of methoxy groups -OCH3 is 1. The predicted octanol–water partition coefficient (Wildman–Crippen LogP) is 0.620. The minimum atomic E-state index is -0.265. The summed E-state index contributed by atoms with van der Waals surface area (Å²) in [6, 6.07) is 1.76. The third-order valence-electron chi connectivity index (χ3n) is 2.35. The summed E-state index contributed by atoms with van der Waals surface area (Å²) in [5.74, 6) is 0.694. The zero-order valence-electron chi connectivity index (χ0n) is 7.58. The monoisotopic (exact) mass is 179 g/mol. The van der Waals surface area contributed by atoms with Crippen LogP contribution >= 0.6 is 0 Å². The highest BCUT2D eigenvalue weighted by Crippen LogP contribution is 2.45. The largest absolute Gasteiger partial charge is 0.495 e. The average Bonchev–Trinajstić information content (AvgIpc) is 2.84. The van der Waals surface area contributed by atoms with Crippen LogP contribution in [0.15, 0.2) is 12.3 Å². The molecule has 1 aromatic heterocycles. The van der Waals surface area contributed by atoms with Crippen molar-refractivity contribution in [1.82, 2.24) is 4.98 Å². The Morgan fingerprint density at radius 3 is 2.77 bits per heavy atom. The molecule has 70 valence electrons. The summed E-state index contributed by atoms with van der Waals surface area (Å²) in [7, 11) is 1.60. The SMILES string of the molecule is COc1cc(N)cnc1C1(N)CC1. The van der Waals surface area contributed by atoms with Gasteiger partial charge < -0.3 is 16.2 Å². The molecular weight excluding hydrogens is 166 g/mol. The van der Waals surface area contributed by atoms with Crippen molar-refractivity contribution in [2.45, 2.75) is 18.4 Å². The summed E-state index contributed by atoms with van der Waals surface area (Å²) in [5.41, 5.74) is 12.8. The Balaban J connectivity index is 2.45. The molecule has 4 heteroatoms. The van der Waals surface area contributed by atoms with Crippen molar-refractivity contribution < 1.29 is 4.74 Å². The first-order valence-corrected chi connectivity index (χ1v) is 4.24. The van der Waals surface area contributed by atoms with E-state index in [1.54, 1.807) is 19.4 Å². The number of anilines is 1. The van der Waals surface area contributed by atoms with Gasteiger partial charge in [0, 0.05) is 6.07 Å². The van der Waals surface area contributed by atoms with Crippen LogP contribution < -0.4 is 16.2 Å². The number of hydrogen-bond acceptors (Lipinski definition) is 4. The lowest BCUT2D eigenvalue weighted by molar-refractivity contribution is 0.401. The molecule has 0 spiro atoms. The first-order chi connectivity index (χ1) is 6.15. The van der Waals surface area contributed by atoms with Crippen molar-refractivity contribution in [3.63, 3.8) is 0 Å². The third-order valence-corrected chi connectivity index (χ3v) is 2.35. The Kier molecular flexibility index (Phi) is 1.66. The normalized spacial score (nSPS) is 18.3. The van der Waals surface area contributed by atoms with Crippen LogP contribution in [0.5, 0.6) is 5.75 Å². The van der Waals surface area contributed by atoms with Crippen molar-refractivity contribution in [3.8, 4) is 5.75 Å². The van der Waals surface area contributed by atoms with E-state index in [9.17, 15) is 0 Å². The summed E-state index contributed by atoms with van der Waals surface area (Å²) in [5, 5.41) is 0. The lowest BCUT2D eigenvalue weighted by Crippen LogP contribution is -2.21. The summed E-state index contributed by atoms with van der Waals surface area (Å²) < 4.78 is 5.17. The highest BCUT2D eigenvalue weighted by molar-refractivity contribution is 5.47. The second-order valence-electron chi connectivity index (χ2n) is 3.48. The van der Waals surface area contributed by atoms with Crippen LogP contribution in [-0.2, 0) is 5.54 Å². The molecule has 1 fully saturated rings. The van der Waals surface area contributed by atoms with Gasteiger partial charge >= 0.3 is 0 Å². The van der Waals surface area contributed by atoms with Gasteiger partial charge in [-0.3, -0.25) is 4.98 Å². The number of pyridine rings is 1. The molecule has 0 aromatic carbocycles. The second kappa shape index (κ2) is 2.60. The molecule has 0 bridgehead atoms. The number of hydrogen-bond donors (Lipinski definition) is 2. The Morgan fingerprint density at radius 1 is 1.54 bits per heavy atom. The number of nitrogens with two attached hydrogens (primary N) is 2. The van der Waals surface area contributed by atoms with E-state index in [0.717, 1.165) is 18.5 Å². The van der Waals surface area contributed by atoms with Crippen molar-refractivity contribution >= 4 is 5.69 Å². The number of ether oxygens (including phenoxy) is 1. The van der Waals surface area contributed by atoms with Crippen molar-refractivity contribution in [3.05, 3.63) is 18.0 Å². The molecule has 4 N–H and O–H groups in total. The lowest BCUT2D eigenvalue weighted by Gasteiger charge is -2.12. The van der Waals surface area contributed by atoms with Gasteiger partial charge in [0.1, 0.15) is 11.4 Å². The van der Waals surface area contributed by atoms with Crippen molar-refractivity contribution in [2.24, 2.45) is 5.73 Å². The van der Waals surface area contributed by atoms with Gasteiger partial charge in [-0.25, -0.2) is 0 Å². The fourth-order valence-electron chi connectivity index (χ4n) is 1.36. The maximum atomic E-state index is 6.01. The quantitative estimate of drug-likeness (QED) is 0.698. The van der Waals surface area contributed by atoms with Gasteiger partial charge in [0.05, 0.1) is 24.5 Å². The highest BCUT2D eigenvalue weighted by atomic mass is 16.5. The molecule has 0 amide bonds. The average molecular weight is 179 g/mol. The second-order valence-corrected chi connectivity index (χ2v) is 3.48. The molecule has 1 aromatic rings. The Bertz CT molecular complexity index is 334.